The second-order valence-corrected chi connectivity index (χ2v) is 6.14. The molecular formula is C18H16FN3S. The first kappa shape index (κ1) is 15.4. The van der Waals surface area contributed by atoms with E-state index in [1.54, 1.807) is 18.3 Å². The highest BCUT2D eigenvalue weighted by Gasteiger charge is 2.06. The van der Waals surface area contributed by atoms with Crippen LogP contribution in [0.5, 0.6) is 0 Å². The van der Waals surface area contributed by atoms with E-state index in [2.05, 4.69) is 47.6 Å². The summed E-state index contributed by atoms with van der Waals surface area (Å²) in [7, 11) is 0. The maximum absolute atomic E-state index is 12.8. The molecule has 116 valence electrons. The average Bonchev–Trinajstić information content (AvgIpc) is 2.98. The molecule has 1 aromatic heterocycles. The van der Waals surface area contributed by atoms with Crippen molar-refractivity contribution in [2.24, 2.45) is 5.10 Å². The molecule has 23 heavy (non-hydrogen) atoms. The van der Waals surface area contributed by atoms with Crippen LogP contribution >= 0.6 is 11.3 Å². The van der Waals surface area contributed by atoms with Crippen molar-refractivity contribution in [2.75, 3.05) is 5.43 Å². The van der Waals surface area contributed by atoms with Crippen molar-refractivity contribution in [1.29, 1.82) is 0 Å². The number of hydrazone groups is 1. The van der Waals surface area contributed by atoms with Gasteiger partial charge in [0.15, 0.2) is 0 Å². The van der Waals surface area contributed by atoms with Crippen molar-refractivity contribution in [3.05, 3.63) is 70.4 Å². The summed E-state index contributed by atoms with van der Waals surface area (Å²) in [6.07, 6.45) is 1.64. The van der Waals surface area contributed by atoms with Gasteiger partial charge in [0, 0.05) is 10.9 Å². The Bertz CT molecular complexity index is 838. The molecule has 0 radical (unpaired) electrons. The van der Waals surface area contributed by atoms with Gasteiger partial charge in [-0.25, -0.2) is 9.37 Å². The van der Waals surface area contributed by atoms with E-state index in [9.17, 15) is 4.39 Å². The van der Waals surface area contributed by atoms with Crippen LogP contribution < -0.4 is 5.43 Å². The minimum Gasteiger partial charge on any atom is -0.253 e. The molecule has 0 fully saturated rings. The zero-order valence-corrected chi connectivity index (χ0v) is 13.7. The molecule has 0 unspecified atom stereocenters. The van der Waals surface area contributed by atoms with Crippen molar-refractivity contribution in [1.82, 2.24) is 4.98 Å². The molecule has 2 aromatic carbocycles. The molecule has 3 rings (SSSR count). The molecule has 3 nitrogen and oxygen atoms in total. The Hall–Kier alpha value is -2.53. The molecule has 0 aliphatic carbocycles. The van der Waals surface area contributed by atoms with Crippen LogP contribution in [-0.2, 0) is 0 Å². The number of aryl methyl sites for hydroxylation is 2. The lowest BCUT2D eigenvalue weighted by Crippen LogP contribution is -1.91. The van der Waals surface area contributed by atoms with Crippen LogP contribution in [-0.4, -0.2) is 11.2 Å². The van der Waals surface area contributed by atoms with Gasteiger partial charge in [0.05, 0.1) is 11.9 Å². The number of hydrogen-bond donors (Lipinski definition) is 1. The van der Waals surface area contributed by atoms with E-state index in [-0.39, 0.29) is 5.82 Å². The summed E-state index contributed by atoms with van der Waals surface area (Å²) in [6, 6.07) is 12.5. The number of benzene rings is 2. The Balaban J connectivity index is 1.71. The van der Waals surface area contributed by atoms with Gasteiger partial charge in [-0.05, 0) is 37.1 Å². The van der Waals surface area contributed by atoms with Gasteiger partial charge >= 0.3 is 0 Å². The number of halogens is 1. The fraction of sp³-hybridized carbons (Fsp3) is 0.111. The van der Waals surface area contributed by atoms with E-state index in [1.165, 1.54) is 34.6 Å². The van der Waals surface area contributed by atoms with Gasteiger partial charge in [-0.2, -0.15) is 5.10 Å². The summed E-state index contributed by atoms with van der Waals surface area (Å²) < 4.78 is 12.8. The minimum atomic E-state index is -0.256. The van der Waals surface area contributed by atoms with E-state index < -0.39 is 0 Å². The maximum Gasteiger partial charge on any atom is 0.203 e. The van der Waals surface area contributed by atoms with Gasteiger partial charge in [0.1, 0.15) is 5.82 Å². The third-order valence-corrected chi connectivity index (χ3v) is 4.15. The fourth-order valence-corrected chi connectivity index (χ4v) is 2.92. The van der Waals surface area contributed by atoms with Crippen LogP contribution in [0.15, 0.2) is 52.9 Å². The molecule has 1 heterocycles. The standard InChI is InChI=1S/C18H16FN3S/c1-12-3-8-16(13(2)9-12)17-11-23-18(21-17)22-20-10-14-4-6-15(19)7-5-14/h3-11H,1-2H3,(H,21,22)/b20-10+. The third kappa shape index (κ3) is 3.81. The predicted octanol–water partition coefficient (Wildman–Crippen LogP) is 5.01. The molecule has 0 bridgehead atoms. The number of aromatic nitrogens is 1. The highest BCUT2D eigenvalue weighted by Crippen LogP contribution is 2.27. The van der Waals surface area contributed by atoms with Crippen molar-refractivity contribution in [2.45, 2.75) is 13.8 Å². The van der Waals surface area contributed by atoms with Gasteiger partial charge < -0.3 is 0 Å². The lowest BCUT2D eigenvalue weighted by Gasteiger charge is -2.03. The molecule has 0 spiro atoms. The van der Waals surface area contributed by atoms with Crippen LogP contribution in [0.4, 0.5) is 9.52 Å². The van der Waals surface area contributed by atoms with E-state index >= 15 is 0 Å². The normalized spacial score (nSPS) is 11.1. The Kier molecular flexibility index (Phi) is 4.48. The Morgan fingerprint density at radius 1 is 1.13 bits per heavy atom. The lowest BCUT2D eigenvalue weighted by molar-refractivity contribution is 0.628. The quantitative estimate of drug-likeness (QED) is 0.540. The number of anilines is 1. The SMILES string of the molecule is Cc1ccc(-c2csc(N/N=C/c3ccc(F)cc3)n2)c(C)c1. The van der Waals surface area contributed by atoms with Crippen LogP contribution in [0.2, 0.25) is 0 Å². The van der Waals surface area contributed by atoms with Crippen molar-refractivity contribution >= 4 is 22.7 Å². The average molecular weight is 325 g/mol. The largest absolute Gasteiger partial charge is 0.253 e. The van der Waals surface area contributed by atoms with Crippen LogP contribution in [0.1, 0.15) is 16.7 Å². The molecular weight excluding hydrogens is 309 g/mol. The molecule has 3 aromatic rings. The summed E-state index contributed by atoms with van der Waals surface area (Å²) in [5.41, 5.74) is 8.25. The van der Waals surface area contributed by atoms with Gasteiger partial charge in [-0.3, -0.25) is 5.43 Å². The van der Waals surface area contributed by atoms with E-state index in [4.69, 9.17) is 0 Å². The first-order valence-electron chi connectivity index (χ1n) is 7.19. The number of nitrogens with one attached hydrogen (secondary N) is 1. The second kappa shape index (κ2) is 6.71. The Labute approximate surface area is 138 Å². The topological polar surface area (TPSA) is 37.3 Å². The van der Waals surface area contributed by atoms with Crippen molar-refractivity contribution in [3.8, 4) is 11.3 Å². The van der Waals surface area contributed by atoms with E-state index in [0.29, 0.717) is 0 Å². The fourth-order valence-electron chi connectivity index (χ4n) is 2.26. The molecule has 1 N–H and O–H groups in total. The molecule has 0 saturated carbocycles. The van der Waals surface area contributed by atoms with Gasteiger partial charge in [0.2, 0.25) is 5.13 Å². The van der Waals surface area contributed by atoms with E-state index in [0.717, 1.165) is 22.0 Å². The smallest absolute Gasteiger partial charge is 0.203 e. The number of hydrogen-bond acceptors (Lipinski definition) is 4. The highest BCUT2D eigenvalue weighted by molar-refractivity contribution is 7.14. The van der Waals surface area contributed by atoms with E-state index in [1.807, 2.05) is 5.38 Å². The molecule has 0 saturated heterocycles. The molecule has 0 amide bonds. The second-order valence-electron chi connectivity index (χ2n) is 5.28. The number of nitrogens with zero attached hydrogens (tertiary/aromatic N) is 2. The van der Waals surface area contributed by atoms with Crippen molar-refractivity contribution < 1.29 is 4.39 Å². The summed E-state index contributed by atoms with van der Waals surface area (Å²) in [5, 5.41) is 6.86. The van der Waals surface area contributed by atoms with Gasteiger partial charge in [-0.15, -0.1) is 11.3 Å². The monoisotopic (exact) mass is 325 g/mol. The first-order chi connectivity index (χ1) is 11.1. The summed E-state index contributed by atoms with van der Waals surface area (Å²) in [6.45, 7) is 4.16. The molecule has 0 aliphatic heterocycles. The van der Waals surface area contributed by atoms with Crippen LogP contribution in [0.25, 0.3) is 11.3 Å². The first-order valence-corrected chi connectivity index (χ1v) is 8.07. The predicted molar refractivity (Wildman–Crippen MR) is 94.6 cm³/mol. The van der Waals surface area contributed by atoms with Crippen molar-refractivity contribution in [3.63, 3.8) is 0 Å². The maximum atomic E-state index is 12.8. The van der Waals surface area contributed by atoms with Crippen LogP contribution in [0, 0.1) is 19.7 Å². The molecule has 0 atom stereocenters. The van der Waals surface area contributed by atoms with Gasteiger partial charge in [0.25, 0.3) is 0 Å². The zero-order valence-electron chi connectivity index (χ0n) is 12.9. The number of rotatable bonds is 4. The molecule has 0 aliphatic rings. The van der Waals surface area contributed by atoms with Gasteiger partial charge in [-0.1, -0.05) is 35.9 Å². The summed E-state index contributed by atoms with van der Waals surface area (Å²) in [4.78, 5) is 4.55. The van der Waals surface area contributed by atoms with Crippen LogP contribution in [0.3, 0.4) is 0 Å². The third-order valence-electron chi connectivity index (χ3n) is 3.41. The Morgan fingerprint density at radius 3 is 2.65 bits per heavy atom. The minimum absolute atomic E-state index is 0.256. The molecule has 5 heteroatoms. The number of thiazole rings is 1. The lowest BCUT2D eigenvalue weighted by atomic mass is 10.0. The summed E-state index contributed by atoms with van der Waals surface area (Å²) in [5.74, 6) is -0.256. The highest BCUT2D eigenvalue weighted by atomic mass is 32.1. The zero-order chi connectivity index (χ0) is 16.2. The Morgan fingerprint density at radius 2 is 1.91 bits per heavy atom. The summed E-state index contributed by atoms with van der Waals surface area (Å²) >= 11 is 1.50.